The van der Waals surface area contributed by atoms with Gasteiger partial charge in [0.1, 0.15) is 11.9 Å². The van der Waals surface area contributed by atoms with Crippen LogP contribution in [-0.4, -0.2) is 41.8 Å². The van der Waals surface area contributed by atoms with Gasteiger partial charge >= 0.3 is 0 Å². The minimum atomic E-state index is -3.56. The molecule has 1 aliphatic rings. The van der Waals surface area contributed by atoms with E-state index >= 15 is 0 Å². The maximum atomic E-state index is 13.3. The molecule has 10 heteroatoms. The second-order valence-corrected chi connectivity index (χ2v) is 8.46. The lowest BCUT2D eigenvalue weighted by atomic mass is 10.1. The highest BCUT2D eigenvalue weighted by atomic mass is 32.2. The van der Waals surface area contributed by atoms with E-state index in [1.54, 1.807) is 6.92 Å². The zero-order chi connectivity index (χ0) is 19.6. The number of rotatable bonds is 6. The molecule has 0 spiro atoms. The third-order valence-corrected chi connectivity index (χ3v) is 5.56. The highest BCUT2D eigenvalue weighted by Crippen LogP contribution is 2.32. The van der Waals surface area contributed by atoms with E-state index in [2.05, 4.69) is 10.1 Å². The number of benzene rings is 1. The van der Waals surface area contributed by atoms with E-state index in [-0.39, 0.29) is 30.9 Å². The minimum Gasteiger partial charge on any atom is -0.364 e. The number of hydrogen-bond donors (Lipinski definition) is 0. The molecule has 144 valence electrons. The topological polar surface area (TPSA) is 109 Å². The number of sulfonamides is 1. The van der Waals surface area contributed by atoms with Gasteiger partial charge in [-0.15, -0.1) is 0 Å². The summed E-state index contributed by atoms with van der Waals surface area (Å²) in [4.78, 5) is 4.15. The predicted octanol–water partition coefficient (Wildman–Crippen LogP) is 2.07. The van der Waals surface area contributed by atoms with Gasteiger partial charge in [0.05, 0.1) is 24.0 Å². The molecule has 1 aromatic heterocycles. The van der Waals surface area contributed by atoms with Crippen LogP contribution in [0.2, 0.25) is 0 Å². The molecule has 0 radical (unpaired) electrons. The van der Waals surface area contributed by atoms with E-state index in [1.807, 2.05) is 6.07 Å². The minimum absolute atomic E-state index is 0.0355. The van der Waals surface area contributed by atoms with Gasteiger partial charge in [0.2, 0.25) is 10.0 Å². The van der Waals surface area contributed by atoms with Crippen LogP contribution >= 0.6 is 0 Å². The van der Waals surface area contributed by atoms with Gasteiger partial charge in [0.25, 0.3) is 5.89 Å². The molecule has 0 N–H and O–H groups in total. The van der Waals surface area contributed by atoms with Crippen LogP contribution in [0.15, 0.2) is 22.7 Å². The van der Waals surface area contributed by atoms with Gasteiger partial charge in [0.15, 0.2) is 5.82 Å². The number of aryl methyl sites for hydroxylation is 1. The summed E-state index contributed by atoms with van der Waals surface area (Å²) in [5, 5.41) is 12.9. The van der Waals surface area contributed by atoms with Gasteiger partial charge in [-0.25, -0.2) is 12.8 Å². The van der Waals surface area contributed by atoms with Crippen molar-refractivity contribution in [3.05, 3.63) is 46.9 Å². The van der Waals surface area contributed by atoms with Crippen LogP contribution in [0.3, 0.4) is 0 Å². The average Bonchev–Trinajstić information content (AvgIpc) is 3.23. The van der Waals surface area contributed by atoms with Crippen LogP contribution in [0.4, 0.5) is 4.39 Å². The second kappa shape index (κ2) is 7.72. The van der Waals surface area contributed by atoms with Crippen molar-refractivity contribution < 1.29 is 22.1 Å². The van der Waals surface area contributed by atoms with E-state index < -0.39 is 15.8 Å². The van der Waals surface area contributed by atoms with E-state index in [0.717, 1.165) is 12.3 Å². The molecule has 0 aliphatic carbocycles. The summed E-state index contributed by atoms with van der Waals surface area (Å²) in [6.07, 6.45) is 1.66. The third-order valence-electron chi connectivity index (χ3n) is 4.34. The summed E-state index contributed by atoms with van der Waals surface area (Å²) in [5.41, 5.74) is 0.543. The Kier molecular flexibility index (Phi) is 5.55. The fraction of sp³-hybridized carbons (Fsp3) is 0.471. The van der Waals surface area contributed by atoms with Crippen molar-refractivity contribution in [2.75, 3.05) is 12.8 Å². The number of ether oxygens (including phenoxy) is 1. The van der Waals surface area contributed by atoms with Crippen LogP contribution in [0.25, 0.3) is 0 Å². The summed E-state index contributed by atoms with van der Waals surface area (Å²) < 4.78 is 50.0. The molecule has 1 aromatic carbocycles. The lowest BCUT2D eigenvalue weighted by molar-refractivity contribution is 0.0172. The maximum absolute atomic E-state index is 13.3. The molecule has 0 saturated carbocycles. The Morgan fingerprint density at radius 2 is 2.19 bits per heavy atom. The first kappa shape index (κ1) is 19.4. The molecular weight excluding hydrogens is 375 g/mol. The normalized spacial score (nSPS) is 20.1. The molecule has 0 amide bonds. The molecule has 0 unspecified atom stereocenters. The first-order valence-corrected chi connectivity index (χ1v) is 10.2. The van der Waals surface area contributed by atoms with E-state index in [4.69, 9.17) is 9.26 Å². The molecule has 8 nitrogen and oxygen atoms in total. The van der Waals surface area contributed by atoms with Crippen molar-refractivity contribution in [1.29, 1.82) is 5.26 Å². The molecule has 2 atom stereocenters. The lowest BCUT2D eigenvalue weighted by Crippen LogP contribution is -2.36. The first-order valence-electron chi connectivity index (χ1n) is 8.35. The van der Waals surface area contributed by atoms with Crippen molar-refractivity contribution in [3.63, 3.8) is 0 Å². The van der Waals surface area contributed by atoms with Crippen molar-refractivity contribution in [1.82, 2.24) is 14.4 Å². The summed E-state index contributed by atoms with van der Waals surface area (Å²) in [6, 6.07) is 5.62. The third kappa shape index (κ3) is 4.68. The van der Waals surface area contributed by atoms with E-state index in [9.17, 15) is 18.1 Å². The van der Waals surface area contributed by atoms with Gasteiger partial charge in [-0.1, -0.05) is 11.2 Å². The summed E-state index contributed by atoms with van der Waals surface area (Å²) >= 11 is 0. The highest BCUT2D eigenvalue weighted by molar-refractivity contribution is 7.88. The second-order valence-electron chi connectivity index (χ2n) is 6.47. The summed E-state index contributed by atoms with van der Waals surface area (Å²) in [7, 11) is -3.56. The smallest absolute Gasteiger partial charge is 0.255 e. The molecule has 0 bridgehead atoms. The predicted molar refractivity (Wildman–Crippen MR) is 92.3 cm³/mol. The monoisotopic (exact) mass is 394 g/mol. The average molecular weight is 394 g/mol. The van der Waals surface area contributed by atoms with Crippen LogP contribution in [0, 0.1) is 24.1 Å². The molecule has 3 rings (SSSR count). The van der Waals surface area contributed by atoms with Gasteiger partial charge in [-0.05, 0) is 37.5 Å². The molecule has 1 saturated heterocycles. The van der Waals surface area contributed by atoms with Crippen molar-refractivity contribution >= 4 is 10.0 Å². The Bertz CT molecular complexity index is 970. The Balaban J connectivity index is 1.73. The van der Waals surface area contributed by atoms with Gasteiger partial charge < -0.3 is 9.26 Å². The van der Waals surface area contributed by atoms with E-state index in [0.29, 0.717) is 30.1 Å². The molecule has 2 aromatic rings. The molecular formula is C17H19FN4O4S. The van der Waals surface area contributed by atoms with Gasteiger partial charge in [-0.2, -0.15) is 14.6 Å². The maximum Gasteiger partial charge on any atom is 0.255 e. The Morgan fingerprint density at radius 3 is 2.81 bits per heavy atom. The molecule has 1 fully saturated rings. The van der Waals surface area contributed by atoms with Crippen molar-refractivity contribution in [2.24, 2.45) is 0 Å². The van der Waals surface area contributed by atoms with Gasteiger partial charge in [0, 0.05) is 13.1 Å². The molecule has 1 aliphatic heterocycles. The number of halogens is 1. The lowest BCUT2D eigenvalue weighted by Gasteiger charge is -2.24. The number of nitrogens with zero attached hydrogens (tertiary/aromatic N) is 4. The Morgan fingerprint density at radius 1 is 1.41 bits per heavy atom. The van der Waals surface area contributed by atoms with Crippen LogP contribution in [0.1, 0.15) is 41.8 Å². The zero-order valence-electron chi connectivity index (χ0n) is 14.9. The van der Waals surface area contributed by atoms with Crippen LogP contribution in [0.5, 0.6) is 0 Å². The fourth-order valence-corrected chi connectivity index (χ4v) is 3.80. The van der Waals surface area contributed by atoms with Gasteiger partial charge in [-0.3, -0.25) is 0 Å². The molecule has 27 heavy (non-hydrogen) atoms. The number of aromatic nitrogens is 2. The zero-order valence-corrected chi connectivity index (χ0v) is 15.7. The fourth-order valence-electron chi connectivity index (χ4n) is 2.99. The Hall–Kier alpha value is -2.35. The SMILES string of the molecule is Cc1noc([C@@H]2CC[C@H](CN(Cc3ccc(F)cc3C#N)S(C)(=O)=O)O2)n1. The van der Waals surface area contributed by atoms with Crippen molar-refractivity contribution in [2.45, 2.75) is 38.5 Å². The number of nitriles is 1. The standard InChI is InChI=1S/C17H19FN4O4S/c1-11-20-17(26-21-11)16-6-5-15(25-16)10-22(27(2,23)24)9-12-3-4-14(18)7-13(12)8-19/h3-4,7,15-16H,5-6,9-10H2,1-2H3/t15-,16+/m1/s1. The molecule has 2 heterocycles. The summed E-state index contributed by atoms with van der Waals surface area (Å²) in [6.45, 7) is 1.79. The van der Waals surface area contributed by atoms with Crippen LogP contribution in [-0.2, 0) is 21.3 Å². The van der Waals surface area contributed by atoms with Crippen LogP contribution < -0.4 is 0 Å². The largest absolute Gasteiger partial charge is 0.364 e. The quantitative estimate of drug-likeness (QED) is 0.738. The first-order chi connectivity index (χ1) is 12.8. The summed E-state index contributed by atoms with van der Waals surface area (Å²) in [5.74, 6) is 0.347. The van der Waals surface area contributed by atoms with E-state index in [1.165, 1.54) is 16.4 Å². The number of hydrogen-bond acceptors (Lipinski definition) is 7. The Labute approximate surface area is 156 Å². The van der Waals surface area contributed by atoms with Crippen molar-refractivity contribution in [3.8, 4) is 6.07 Å². The highest BCUT2D eigenvalue weighted by Gasteiger charge is 2.33.